The van der Waals surface area contributed by atoms with Crippen LogP contribution >= 0.6 is 0 Å². The number of nitrogens with one attached hydrogen (secondary N) is 2. The van der Waals surface area contributed by atoms with Crippen LogP contribution in [0.5, 0.6) is 0 Å². The SMILES string of the molecule is CC(=O)CCCCC[C@H](NC(=O)c1ccc(S(N)(=O)=O)cc1)c1ncc(-c2ccccc2)[nH]1. The summed E-state index contributed by atoms with van der Waals surface area (Å²) in [5, 5.41) is 8.12. The number of ketones is 1. The third-order valence-corrected chi connectivity index (χ3v) is 6.21. The van der Waals surface area contributed by atoms with Crippen molar-refractivity contribution in [2.45, 2.75) is 50.0 Å². The first-order chi connectivity index (χ1) is 15.7. The number of H-pyrrole nitrogens is 1. The molecule has 4 N–H and O–H groups in total. The molecular formula is C24H28N4O4S. The van der Waals surface area contributed by atoms with Crippen molar-refractivity contribution < 1.29 is 18.0 Å². The third-order valence-electron chi connectivity index (χ3n) is 5.28. The molecule has 3 aromatic rings. The first kappa shape index (κ1) is 24.3. The van der Waals surface area contributed by atoms with Crippen molar-refractivity contribution in [1.82, 2.24) is 15.3 Å². The summed E-state index contributed by atoms with van der Waals surface area (Å²) in [5.41, 5.74) is 2.15. The van der Waals surface area contributed by atoms with Crippen LogP contribution in [0, 0.1) is 0 Å². The molecule has 0 radical (unpaired) electrons. The van der Waals surface area contributed by atoms with E-state index in [1.807, 2.05) is 30.3 Å². The van der Waals surface area contributed by atoms with Gasteiger partial charge in [0.25, 0.3) is 5.91 Å². The van der Waals surface area contributed by atoms with E-state index in [9.17, 15) is 18.0 Å². The molecule has 1 atom stereocenters. The van der Waals surface area contributed by atoms with E-state index in [0.29, 0.717) is 24.2 Å². The van der Waals surface area contributed by atoms with E-state index in [1.165, 1.54) is 24.3 Å². The smallest absolute Gasteiger partial charge is 0.251 e. The maximum atomic E-state index is 12.9. The summed E-state index contributed by atoms with van der Waals surface area (Å²) in [5.74, 6) is 0.457. The number of benzene rings is 2. The highest BCUT2D eigenvalue weighted by atomic mass is 32.2. The highest BCUT2D eigenvalue weighted by Crippen LogP contribution is 2.23. The monoisotopic (exact) mass is 468 g/mol. The molecular weight excluding hydrogens is 440 g/mol. The van der Waals surface area contributed by atoms with Crippen molar-refractivity contribution in [3.05, 3.63) is 72.2 Å². The van der Waals surface area contributed by atoms with Crippen molar-refractivity contribution in [1.29, 1.82) is 0 Å². The average molecular weight is 469 g/mol. The number of aromatic nitrogens is 2. The number of sulfonamides is 1. The van der Waals surface area contributed by atoms with Gasteiger partial charge in [-0.3, -0.25) is 4.79 Å². The summed E-state index contributed by atoms with van der Waals surface area (Å²) in [6.07, 6.45) is 5.40. The molecule has 0 fully saturated rings. The number of aromatic amines is 1. The number of Topliss-reactive ketones (excluding diaryl/α,β-unsaturated/α-hetero) is 1. The molecule has 33 heavy (non-hydrogen) atoms. The lowest BCUT2D eigenvalue weighted by Gasteiger charge is -2.17. The zero-order valence-corrected chi connectivity index (χ0v) is 19.3. The molecule has 0 saturated heterocycles. The number of carbonyl (C=O) groups excluding carboxylic acids is 2. The van der Waals surface area contributed by atoms with Gasteiger partial charge in [0.2, 0.25) is 10.0 Å². The Hall–Kier alpha value is -3.30. The number of nitrogens with zero attached hydrogens (tertiary/aromatic N) is 1. The van der Waals surface area contributed by atoms with Crippen LogP contribution in [0.25, 0.3) is 11.3 Å². The molecule has 0 bridgehead atoms. The number of rotatable bonds is 11. The molecule has 0 aliphatic rings. The molecule has 0 spiro atoms. The van der Waals surface area contributed by atoms with E-state index in [4.69, 9.17) is 5.14 Å². The van der Waals surface area contributed by atoms with Gasteiger partial charge in [-0.05, 0) is 49.6 Å². The quantitative estimate of drug-likeness (QED) is 0.369. The highest BCUT2D eigenvalue weighted by Gasteiger charge is 2.19. The number of amides is 1. The number of hydrogen-bond donors (Lipinski definition) is 3. The second-order valence-electron chi connectivity index (χ2n) is 7.94. The predicted molar refractivity (Wildman–Crippen MR) is 126 cm³/mol. The minimum absolute atomic E-state index is 0.0559. The molecule has 0 saturated carbocycles. The summed E-state index contributed by atoms with van der Waals surface area (Å²) in [6, 6.07) is 14.9. The van der Waals surface area contributed by atoms with Crippen LogP contribution in [-0.2, 0) is 14.8 Å². The number of unbranched alkanes of at least 4 members (excludes halogenated alkanes) is 2. The van der Waals surface area contributed by atoms with Crippen LogP contribution < -0.4 is 10.5 Å². The topological polar surface area (TPSA) is 135 Å². The van der Waals surface area contributed by atoms with E-state index >= 15 is 0 Å². The van der Waals surface area contributed by atoms with E-state index in [2.05, 4.69) is 15.3 Å². The number of hydrogen-bond acceptors (Lipinski definition) is 5. The minimum atomic E-state index is -3.83. The Morgan fingerprint density at radius 2 is 1.73 bits per heavy atom. The van der Waals surface area contributed by atoms with Gasteiger partial charge in [-0.25, -0.2) is 18.5 Å². The lowest BCUT2D eigenvalue weighted by Crippen LogP contribution is -2.29. The fourth-order valence-corrected chi connectivity index (χ4v) is 4.01. The second kappa shape index (κ2) is 11.0. The van der Waals surface area contributed by atoms with Gasteiger partial charge < -0.3 is 15.1 Å². The van der Waals surface area contributed by atoms with Crippen LogP contribution in [0.1, 0.15) is 61.3 Å². The van der Waals surface area contributed by atoms with Crippen LogP contribution in [-0.4, -0.2) is 30.1 Å². The molecule has 3 rings (SSSR count). The number of imidazole rings is 1. The van der Waals surface area contributed by atoms with Crippen LogP contribution in [0.4, 0.5) is 0 Å². The number of carbonyl (C=O) groups is 2. The Labute approximate surface area is 193 Å². The third kappa shape index (κ3) is 7.10. The van der Waals surface area contributed by atoms with Crippen molar-refractivity contribution in [3.8, 4) is 11.3 Å². The normalized spacial score (nSPS) is 12.3. The molecule has 9 heteroatoms. The van der Waals surface area contributed by atoms with Gasteiger partial charge >= 0.3 is 0 Å². The molecule has 0 unspecified atom stereocenters. The van der Waals surface area contributed by atoms with Gasteiger partial charge in [-0.15, -0.1) is 0 Å². The second-order valence-corrected chi connectivity index (χ2v) is 9.51. The fraction of sp³-hybridized carbons (Fsp3) is 0.292. The van der Waals surface area contributed by atoms with E-state index in [-0.39, 0.29) is 22.6 Å². The maximum Gasteiger partial charge on any atom is 0.251 e. The van der Waals surface area contributed by atoms with Gasteiger partial charge in [-0.2, -0.15) is 0 Å². The first-order valence-corrected chi connectivity index (χ1v) is 12.3. The van der Waals surface area contributed by atoms with Crippen molar-refractivity contribution in [2.75, 3.05) is 0 Å². The molecule has 2 aromatic carbocycles. The highest BCUT2D eigenvalue weighted by molar-refractivity contribution is 7.89. The largest absolute Gasteiger partial charge is 0.342 e. The molecule has 174 valence electrons. The van der Waals surface area contributed by atoms with E-state index in [0.717, 1.165) is 30.5 Å². The number of primary sulfonamides is 1. The molecule has 1 heterocycles. The predicted octanol–water partition coefficient (Wildman–Crippen LogP) is 3.73. The zero-order chi connectivity index (χ0) is 23.8. The Kier molecular flexibility index (Phi) is 8.13. The summed E-state index contributed by atoms with van der Waals surface area (Å²) in [7, 11) is -3.83. The Morgan fingerprint density at radius 3 is 2.36 bits per heavy atom. The molecule has 0 aliphatic carbocycles. The summed E-state index contributed by atoms with van der Waals surface area (Å²) < 4.78 is 22.9. The molecule has 1 aromatic heterocycles. The van der Waals surface area contributed by atoms with Crippen LogP contribution in [0.15, 0.2) is 65.7 Å². The average Bonchev–Trinajstić information content (AvgIpc) is 3.28. The molecule has 0 aliphatic heterocycles. The van der Waals surface area contributed by atoms with Crippen molar-refractivity contribution in [2.24, 2.45) is 5.14 Å². The van der Waals surface area contributed by atoms with Gasteiger partial charge in [0, 0.05) is 12.0 Å². The lowest BCUT2D eigenvalue weighted by atomic mass is 10.0. The Morgan fingerprint density at radius 1 is 1.03 bits per heavy atom. The molecule has 1 amide bonds. The lowest BCUT2D eigenvalue weighted by molar-refractivity contribution is -0.117. The summed E-state index contributed by atoms with van der Waals surface area (Å²) in [4.78, 5) is 31.8. The van der Waals surface area contributed by atoms with E-state index < -0.39 is 10.0 Å². The van der Waals surface area contributed by atoms with Crippen molar-refractivity contribution >= 4 is 21.7 Å². The van der Waals surface area contributed by atoms with Crippen LogP contribution in [0.2, 0.25) is 0 Å². The zero-order valence-electron chi connectivity index (χ0n) is 18.5. The van der Waals surface area contributed by atoms with Gasteiger partial charge in [0.05, 0.1) is 22.8 Å². The van der Waals surface area contributed by atoms with Gasteiger partial charge in [0.15, 0.2) is 0 Å². The van der Waals surface area contributed by atoms with Gasteiger partial charge in [-0.1, -0.05) is 43.2 Å². The standard InChI is InChI=1S/C24H28N4O4S/c1-17(29)8-4-2-7-11-21(23-26-16-22(27-23)18-9-5-3-6-10-18)28-24(30)19-12-14-20(15-13-19)33(25,31)32/h3,5-6,9-10,12-16,21H,2,4,7-8,11H2,1H3,(H,26,27)(H,28,30)(H2,25,31,32)/t21-/m0/s1. The first-order valence-electron chi connectivity index (χ1n) is 10.8. The van der Waals surface area contributed by atoms with Crippen LogP contribution in [0.3, 0.4) is 0 Å². The van der Waals surface area contributed by atoms with E-state index in [1.54, 1.807) is 13.1 Å². The van der Waals surface area contributed by atoms with Crippen molar-refractivity contribution in [3.63, 3.8) is 0 Å². The fourth-order valence-electron chi connectivity index (χ4n) is 3.49. The summed E-state index contributed by atoms with van der Waals surface area (Å²) >= 11 is 0. The molecule has 8 nitrogen and oxygen atoms in total. The Balaban J connectivity index is 1.74. The minimum Gasteiger partial charge on any atom is -0.342 e. The maximum absolute atomic E-state index is 12.9. The van der Waals surface area contributed by atoms with Gasteiger partial charge in [0.1, 0.15) is 11.6 Å². The number of nitrogens with two attached hydrogens (primary N) is 1. The summed E-state index contributed by atoms with van der Waals surface area (Å²) in [6.45, 7) is 1.58. The Bertz CT molecular complexity index is 1190.